The second-order valence-corrected chi connectivity index (χ2v) is 5.89. The Labute approximate surface area is 114 Å². The highest BCUT2D eigenvalue weighted by Crippen LogP contribution is 2.37. The maximum absolute atomic E-state index is 12.8. The summed E-state index contributed by atoms with van der Waals surface area (Å²) in [4.78, 5) is 25.6. The molecule has 2 aliphatic rings. The molecule has 1 atom stereocenters. The number of carboxylic acid groups (broad SMARTS) is 1. The summed E-state index contributed by atoms with van der Waals surface area (Å²) in [5, 5.41) is 9.22. The molecule has 3 N–H and O–H groups in total. The third kappa shape index (κ3) is 2.76. The first-order valence-electron chi connectivity index (χ1n) is 7.35. The van der Waals surface area contributed by atoms with E-state index in [1.165, 1.54) is 0 Å². The SMILES string of the molecule is NCC1(C(=O)N2CCCC2C(=O)O)CCCCCC1. The van der Waals surface area contributed by atoms with Crippen LogP contribution in [-0.4, -0.2) is 41.0 Å². The van der Waals surface area contributed by atoms with Gasteiger partial charge in [-0.25, -0.2) is 4.79 Å². The highest BCUT2D eigenvalue weighted by molar-refractivity contribution is 5.88. The molecule has 1 amide bonds. The molecule has 2 fully saturated rings. The van der Waals surface area contributed by atoms with Gasteiger partial charge in [0.05, 0.1) is 5.41 Å². The maximum atomic E-state index is 12.8. The van der Waals surface area contributed by atoms with Crippen LogP contribution in [0.3, 0.4) is 0 Å². The van der Waals surface area contributed by atoms with E-state index in [0.717, 1.165) is 44.9 Å². The largest absolute Gasteiger partial charge is 0.480 e. The Kier molecular flexibility index (Phi) is 4.45. The molecule has 5 heteroatoms. The molecule has 0 bridgehead atoms. The molecule has 19 heavy (non-hydrogen) atoms. The summed E-state index contributed by atoms with van der Waals surface area (Å²) in [7, 11) is 0. The number of likely N-dealkylation sites (tertiary alicyclic amines) is 1. The Hall–Kier alpha value is -1.10. The van der Waals surface area contributed by atoms with Crippen molar-refractivity contribution in [2.45, 2.75) is 57.4 Å². The van der Waals surface area contributed by atoms with E-state index in [1.54, 1.807) is 4.90 Å². The Bertz CT molecular complexity index is 349. The van der Waals surface area contributed by atoms with Crippen LogP contribution in [0.15, 0.2) is 0 Å². The van der Waals surface area contributed by atoms with Crippen molar-refractivity contribution in [3.8, 4) is 0 Å². The van der Waals surface area contributed by atoms with Gasteiger partial charge in [-0.1, -0.05) is 25.7 Å². The van der Waals surface area contributed by atoms with Crippen molar-refractivity contribution in [2.24, 2.45) is 11.1 Å². The van der Waals surface area contributed by atoms with E-state index in [2.05, 4.69) is 0 Å². The van der Waals surface area contributed by atoms with Gasteiger partial charge in [-0.15, -0.1) is 0 Å². The average Bonchev–Trinajstić information content (AvgIpc) is 2.76. The first kappa shape index (κ1) is 14.3. The van der Waals surface area contributed by atoms with Gasteiger partial charge in [-0.2, -0.15) is 0 Å². The van der Waals surface area contributed by atoms with Crippen LogP contribution in [-0.2, 0) is 9.59 Å². The number of nitrogens with two attached hydrogens (primary N) is 1. The zero-order chi connectivity index (χ0) is 13.9. The van der Waals surface area contributed by atoms with E-state index in [0.29, 0.717) is 19.5 Å². The van der Waals surface area contributed by atoms with E-state index in [9.17, 15) is 14.7 Å². The molecule has 1 saturated heterocycles. The minimum Gasteiger partial charge on any atom is -0.480 e. The molecule has 1 aliphatic carbocycles. The van der Waals surface area contributed by atoms with Crippen LogP contribution in [0.25, 0.3) is 0 Å². The molecule has 5 nitrogen and oxygen atoms in total. The minimum absolute atomic E-state index is 0.0122. The Morgan fingerprint density at radius 1 is 1.16 bits per heavy atom. The second kappa shape index (κ2) is 5.90. The van der Waals surface area contributed by atoms with Crippen LogP contribution in [0.2, 0.25) is 0 Å². The highest BCUT2D eigenvalue weighted by Gasteiger charge is 2.44. The fourth-order valence-electron chi connectivity index (χ4n) is 3.48. The number of aliphatic carboxylic acids is 1. The van der Waals surface area contributed by atoms with Gasteiger partial charge in [0, 0.05) is 13.1 Å². The summed E-state index contributed by atoms with van der Waals surface area (Å²) < 4.78 is 0. The van der Waals surface area contributed by atoms with Gasteiger partial charge in [0.1, 0.15) is 6.04 Å². The van der Waals surface area contributed by atoms with Gasteiger partial charge >= 0.3 is 5.97 Å². The number of nitrogens with zero attached hydrogens (tertiary/aromatic N) is 1. The predicted molar refractivity (Wildman–Crippen MR) is 71.6 cm³/mol. The molecule has 1 aliphatic heterocycles. The number of carboxylic acids is 1. The average molecular weight is 268 g/mol. The molecule has 0 spiro atoms. The summed E-state index contributed by atoms with van der Waals surface area (Å²) in [5.41, 5.74) is 5.40. The molecule has 0 aromatic rings. The number of carbonyl (C=O) groups excluding carboxylic acids is 1. The molecule has 0 aromatic carbocycles. The molecule has 1 unspecified atom stereocenters. The fourth-order valence-corrected chi connectivity index (χ4v) is 3.48. The summed E-state index contributed by atoms with van der Waals surface area (Å²) >= 11 is 0. The van der Waals surface area contributed by atoms with E-state index in [-0.39, 0.29) is 5.91 Å². The van der Waals surface area contributed by atoms with Gasteiger partial charge in [0.2, 0.25) is 5.91 Å². The van der Waals surface area contributed by atoms with E-state index in [1.807, 2.05) is 0 Å². The lowest BCUT2D eigenvalue weighted by Crippen LogP contribution is -2.51. The van der Waals surface area contributed by atoms with Crippen molar-refractivity contribution in [1.29, 1.82) is 0 Å². The molecular weight excluding hydrogens is 244 g/mol. The van der Waals surface area contributed by atoms with Crippen LogP contribution in [0.4, 0.5) is 0 Å². The Morgan fingerprint density at radius 2 is 1.79 bits per heavy atom. The Balaban J connectivity index is 2.17. The first-order chi connectivity index (χ1) is 9.10. The molecule has 0 aromatic heterocycles. The van der Waals surface area contributed by atoms with Crippen molar-refractivity contribution < 1.29 is 14.7 Å². The molecule has 2 rings (SSSR count). The van der Waals surface area contributed by atoms with Crippen LogP contribution < -0.4 is 5.73 Å². The van der Waals surface area contributed by atoms with Crippen molar-refractivity contribution >= 4 is 11.9 Å². The molecule has 108 valence electrons. The normalized spacial score (nSPS) is 27.0. The smallest absolute Gasteiger partial charge is 0.326 e. The Morgan fingerprint density at radius 3 is 2.32 bits per heavy atom. The van der Waals surface area contributed by atoms with Crippen LogP contribution in [0.1, 0.15) is 51.4 Å². The fraction of sp³-hybridized carbons (Fsp3) is 0.857. The minimum atomic E-state index is -0.883. The number of hydrogen-bond donors (Lipinski definition) is 2. The van der Waals surface area contributed by atoms with Crippen molar-refractivity contribution in [2.75, 3.05) is 13.1 Å². The van der Waals surface area contributed by atoms with Gasteiger partial charge in [-0.05, 0) is 25.7 Å². The number of carbonyl (C=O) groups is 2. The van der Waals surface area contributed by atoms with E-state index in [4.69, 9.17) is 5.73 Å². The lowest BCUT2D eigenvalue weighted by molar-refractivity contribution is -0.153. The van der Waals surface area contributed by atoms with Crippen molar-refractivity contribution in [3.05, 3.63) is 0 Å². The first-order valence-corrected chi connectivity index (χ1v) is 7.35. The molecule has 0 radical (unpaired) electrons. The van der Waals surface area contributed by atoms with Crippen molar-refractivity contribution in [3.63, 3.8) is 0 Å². The number of hydrogen-bond acceptors (Lipinski definition) is 3. The van der Waals surface area contributed by atoms with Gasteiger partial charge in [0.15, 0.2) is 0 Å². The third-order valence-electron chi connectivity index (χ3n) is 4.70. The lowest BCUT2D eigenvalue weighted by atomic mass is 9.79. The zero-order valence-electron chi connectivity index (χ0n) is 11.4. The standard InChI is InChI=1S/C14H24N2O3/c15-10-14(7-3-1-2-4-8-14)13(19)16-9-5-6-11(16)12(17)18/h11H,1-10,15H2,(H,17,18). The number of rotatable bonds is 3. The van der Waals surface area contributed by atoms with Crippen molar-refractivity contribution in [1.82, 2.24) is 4.90 Å². The molecule has 1 heterocycles. The van der Waals surface area contributed by atoms with Crippen LogP contribution in [0.5, 0.6) is 0 Å². The summed E-state index contributed by atoms with van der Waals surface area (Å²) in [6.45, 7) is 0.909. The van der Waals surface area contributed by atoms with E-state index >= 15 is 0 Å². The van der Waals surface area contributed by atoms with Crippen LogP contribution >= 0.6 is 0 Å². The lowest BCUT2D eigenvalue weighted by Gasteiger charge is -2.35. The van der Waals surface area contributed by atoms with E-state index < -0.39 is 17.4 Å². The molecule has 1 saturated carbocycles. The summed E-state index contributed by atoms with van der Waals surface area (Å²) in [5.74, 6) is -0.895. The second-order valence-electron chi connectivity index (χ2n) is 5.89. The van der Waals surface area contributed by atoms with Crippen LogP contribution in [0, 0.1) is 5.41 Å². The van der Waals surface area contributed by atoms with Gasteiger partial charge in [-0.3, -0.25) is 4.79 Å². The quantitative estimate of drug-likeness (QED) is 0.757. The zero-order valence-corrected chi connectivity index (χ0v) is 11.4. The highest BCUT2D eigenvalue weighted by atomic mass is 16.4. The monoisotopic (exact) mass is 268 g/mol. The predicted octanol–water partition coefficient (Wildman–Crippen LogP) is 1.36. The number of amides is 1. The molecular formula is C14H24N2O3. The van der Waals surface area contributed by atoms with Gasteiger partial charge < -0.3 is 15.7 Å². The summed E-state index contributed by atoms with van der Waals surface area (Å²) in [6.07, 6.45) is 7.32. The summed E-state index contributed by atoms with van der Waals surface area (Å²) in [6, 6.07) is -0.640. The third-order valence-corrected chi connectivity index (χ3v) is 4.70. The maximum Gasteiger partial charge on any atom is 0.326 e. The van der Waals surface area contributed by atoms with Gasteiger partial charge in [0.25, 0.3) is 0 Å². The topological polar surface area (TPSA) is 83.6 Å².